The summed E-state index contributed by atoms with van der Waals surface area (Å²) in [7, 11) is 6.21. The summed E-state index contributed by atoms with van der Waals surface area (Å²) < 4.78 is 32.6. The van der Waals surface area contributed by atoms with Crippen LogP contribution < -0.4 is 45.2 Å². The topological polar surface area (TPSA) is 254 Å². The van der Waals surface area contributed by atoms with Gasteiger partial charge in [-0.15, -0.1) is 45.2 Å². The van der Waals surface area contributed by atoms with Crippen LogP contribution >= 0.6 is 24.8 Å². The summed E-state index contributed by atoms with van der Waals surface area (Å²) >= 11 is 0. The molecular formula is C46H54Cl2N10O9. The number of aromatic carboxylic acids is 1. The normalized spacial score (nSPS) is 13.3. The number of carboxylic acids is 1. The molecule has 2 fully saturated rings. The van der Waals surface area contributed by atoms with Crippen molar-refractivity contribution in [2.24, 2.45) is 0 Å². The van der Waals surface area contributed by atoms with Gasteiger partial charge in [0.25, 0.3) is 5.91 Å². The molecule has 4 aromatic heterocycles. The van der Waals surface area contributed by atoms with E-state index < -0.39 is 5.97 Å². The zero-order valence-corrected chi connectivity index (χ0v) is 39.0. The van der Waals surface area contributed by atoms with Crippen molar-refractivity contribution >= 4 is 48.3 Å². The maximum Gasteiger partial charge on any atom is 0.354 e. The molecule has 0 saturated carbocycles. The Morgan fingerprint density at radius 2 is 1.00 bits per heavy atom. The van der Waals surface area contributed by atoms with E-state index in [2.05, 4.69) is 35.7 Å². The number of aromatic nitrogens is 6. The standard InChI is InChI=1S/C23H25N5O4.C13H11NO4.C10H16N4O.2ClH/c1-30-18-12-17(25-14-20(18)32-16-6-4-3-5-7-16)23(29)28-10-8-15(9-11-28)22-19(31-2)13-21(24)26-27-22;1-17-11-7-10(13(15)16)14-8-12(11)18-9-5-3-2-4-6-9;1-15-8-6-9(11)13-14-10(8)7-2-4-12-5-3-7;;/h3-7,12-15H,8-11H2,1-2H3,(H2,24,26);2-8H,1H3,(H,15,16);6-7,12H,2-5H2,1H3,(H2,11,13);2*1H. The molecule has 2 aromatic carbocycles. The van der Waals surface area contributed by atoms with Crippen LogP contribution in [0.15, 0.2) is 97.3 Å². The van der Waals surface area contributed by atoms with Gasteiger partial charge in [0.1, 0.15) is 51.7 Å². The third-order valence-corrected chi connectivity index (χ3v) is 10.4. The Labute approximate surface area is 400 Å². The van der Waals surface area contributed by atoms with Crippen molar-refractivity contribution in [1.29, 1.82) is 0 Å². The molecule has 0 unspecified atom stereocenters. The number of halogens is 2. The van der Waals surface area contributed by atoms with Crippen LogP contribution in [-0.2, 0) is 0 Å². The van der Waals surface area contributed by atoms with Gasteiger partial charge in [0.2, 0.25) is 0 Å². The summed E-state index contributed by atoms with van der Waals surface area (Å²) in [6.07, 6.45) is 6.49. The number of carbonyl (C=O) groups excluding carboxylic acids is 1. The highest BCUT2D eigenvalue weighted by molar-refractivity contribution is 5.93. The number of rotatable bonds is 12. The minimum absolute atomic E-state index is 0. The number of pyridine rings is 2. The van der Waals surface area contributed by atoms with Crippen LogP contribution in [0.1, 0.15) is 69.9 Å². The van der Waals surface area contributed by atoms with E-state index in [9.17, 15) is 9.59 Å². The van der Waals surface area contributed by atoms with Crippen molar-refractivity contribution in [3.63, 3.8) is 0 Å². The van der Waals surface area contributed by atoms with Crippen molar-refractivity contribution in [1.82, 2.24) is 40.6 Å². The van der Waals surface area contributed by atoms with Crippen LogP contribution in [0.2, 0.25) is 0 Å². The summed E-state index contributed by atoms with van der Waals surface area (Å²) in [5.74, 6) is 4.31. The van der Waals surface area contributed by atoms with E-state index in [4.69, 9.17) is 45.0 Å². The number of carbonyl (C=O) groups is 2. The van der Waals surface area contributed by atoms with E-state index in [-0.39, 0.29) is 42.3 Å². The van der Waals surface area contributed by atoms with Gasteiger partial charge in [0, 0.05) is 49.2 Å². The Bertz CT molecular complexity index is 2500. The molecule has 6 aromatic rings. The molecule has 67 heavy (non-hydrogen) atoms. The third-order valence-electron chi connectivity index (χ3n) is 10.4. The second kappa shape index (κ2) is 26.1. The predicted molar refractivity (Wildman–Crippen MR) is 255 cm³/mol. The van der Waals surface area contributed by atoms with Gasteiger partial charge in [-0.2, -0.15) is 0 Å². The fourth-order valence-corrected chi connectivity index (χ4v) is 7.09. The number of methoxy groups -OCH3 is 4. The van der Waals surface area contributed by atoms with Gasteiger partial charge in [-0.25, -0.2) is 14.8 Å². The van der Waals surface area contributed by atoms with Gasteiger partial charge in [-0.1, -0.05) is 36.4 Å². The molecule has 0 aliphatic carbocycles. The summed E-state index contributed by atoms with van der Waals surface area (Å²) in [6.45, 7) is 3.20. The average molecular weight is 962 g/mol. The number of benzene rings is 2. The summed E-state index contributed by atoms with van der Waals surface area (Å²) in [6, 6.07) is 24.8. The number of nitrogens with two attached hydrogens (primary N) is 2. The number of para-hydroxylation sites is 2. The van der Waals surface area contributed by atoms with Crippen molar-refractivity contribution in [3.05, 3.63) is 120 Å². The van der Waals surface area contributed by atoms with Crippen molar-refractivity contribution in [2.45, 2.75) is 37.5 Å². The average Bonchev–Trinajstić information content (AvgIpc) is 3.35. The molecule has 6 N–H and O–H groups in total. The molecule has 8 rings (SSSR count). The van der Waals surface area contributed by atoms with Crippen molar-refractivity contribution in [2.75, 3.05) is 66.1 Å². The minimum Gasteiger partial charge on any atom is -0.495 e. The number of nitrogen functional groups attached to an aromatic ring is 2. The lowest BCUT2D eigenvalue weighted by Gasteiger charge is -2.31. The Morgan fingerprint density at radius 3 is 1.43 bits per heavy atom. The number of amides is 1. The zero-order valence-electron chi connectivity index (χ0n) is 37.4. The molecule has 21 heteroatoms. The lowest BCUT2D eigenvalue weighted by molar-refractivity contribution is 0.0686. The first kappa shape index (κ1) is 52.4. The number of carboxylic acid groups (broad SMARTS) is 1. The van der Waals surface area contributed by atoms with Crippen LogP contribution in [0.3, 0.4) is 0 Å². The van der Waals surface area contributed by atoms with Crippen LogP contribution in [-0.4, -0.2) is 107 Å². The van der Waals surface area contributed by atoms with Gasteiger partial charge in [0.15, 0.2) is 28.7 Å². The highest BCUT2D eigenvalue weighted by Gasteiger charge is 2.29. The highest BCUT2D eigenvalue weighted by Crippen LogP contribution is 2.36. The maximum atomic E-state index is 13.0. The Hall–Kier alpha value is -7.22. The maximum absolute atomic E-state index is 13.0. The molecule has 0 spiro atoms. The highest BCUT2D eigenvalue weighted by atomic mass is 35.5. The summed E-state index contributed by atoms with van der Waals surface area (Å²) in [4.78, 5) is 33.7. The predicted octanol–water partition coefficient (Wildman–Crippen LogP) is 7.24. The molecule has 2 saturated heterocycles. The first-order chi connectivity index (χ1) is 31.6. The minimum atomic E-state index is -1.11. The zero-order chi connectivity index (χ0) is 46.1. The second-order valence-corrected chi connectivity index (χ2v) is 14.6. The van der Waals surface area contributed by atoms with E-state index in [1.807, 2.05) is 48.5 Å². The van der Waals surface area contributed by atoms with Crippen LogP contribution in [0.25, 0.3) is 0 Å². The number of nitrogens with one attached hydrogen (secondary N) is 1. The molecule has 0 radical (unpaired) electrons. The van der Waals surface area contributed by atoms with Gasteiger partial charge in [0.05, 0.1) is 40.8 Å². The first-order valence-electron chi connectivity index (χ1n) is 20.7. The van der Waals surface area contributed by atoms with Gasteiger partial charge < -0.3 is 55.2 Å². The summed E-state index contributed by atoms with van der Waals surface area (Å²) in [5.41, 5.74) is 13.2. The fourth-order valence-electron chi connectivity index (χ4n) is 7.09. The molecule has 6 heterocycles. The number of hydrogen-bond acceptors (Lipinski definition) is 17. The van der Waals surface area contributed by atoms with Crippen LogP contribution in [0.4, 0.5) is 11.6 Å². The lowest BCUT2D eigenvalue weighted by Crippen LogP contribution is -2.38. The first-order valence-corrected chi connectivity index (χ1v) is 20.7. The van der Waals surface area contributed by atoms with E-state index >= 15 is 0 Å². The number of hydrogen-bond donors (Lipinski definition) is 4. The number of likely N-dealkylation sites (tertiary alicyclic amines) is 1. The van der Waals surface area contributed by atoms with Gasteiger partial charge >= 0.3 is 5.97 Å². The molecule has 1 amide bonds. The largest absolute Gasteiger partial charge is 0.495 e. The van der Waals surface area contributed by atoms with Crippen molar-refractivity contribution in [3.8, 4) is 46.0 Å². The quantitative estimate of drug-likeness (QED) is 0.0942. The third kappa shape index (κ3) is 14.4. The van der Waals surface area contributed by atoms with Gasteiger partial charge in [-0.05, 0) is 63.0 Å². The van der Waals surface area contributed by atoms with Crippen molar-refractivity contribution < 1.29 is 43.1 Å². The smallest absolute Gasteiger partial charge is 0.354 e. The Balaban J connectivity index is 0.000000237. The number of piperidine rings is 2. The monoisotopic (exact) mass is 960 g/mol. The molecule has 0 atom stereocenters. The summed E-state index contributed by atoms with van der Waals surface area (Å²) in [5, 5.41) is 28.4. The van der Waals surface area contributed by atoms with Crippen LogP contribution in [0, 0.1) is 0 Å². The molecule has 2 aliphatic heterocycles. The van der Waals surface area contributed by atoms with Gasteiger partial charge in [-0.3, -0.25) is 4.79 Å². The molecule has 19 nitrogen and oxygen atoms in total. The van der Waals surface area contributed by atoms with Crippen LogP contribution in [0.5, 0.6) is 46.0 Å². The Kier molecular flexibility index (Phi) is 20.4. The van der Waals surface area contributed by atoms with E-state index in [0.29, 0.717) is 76.6 Å². The van der Waals surface area contributed by atoms with E-state index in [1.54, 1.807) is 49.5 Å². The number of nitrogens with zero attached hydrogens (tertiary/aromatic N) is 7. The Morgan fingerprint density at radius 1 is 0.582 bits per heavy atom. The number of anilines is 2. The van der Waals surface area contributed by atoms with E-state index in [0.717, 1.165) is 55.9 Å². The molecule has 356 valence electrons. The molecular weight excluding hydrogens is 907 g/mol. The second-order valence-electron chi connectivity index (χ2n) is 14.6. The lowest BCUT2D eigenvalue weighted by atomic mass is 9.92. The SMILES string of the molecule is COc1cc(C(=O)N2CCC(c3nnc(N)cc3OC)CC2)ncc1Oc1ccccc1.COc1cc(C(=O)O)ncc1Oc1ccccc1.COc1cc(N)nnc1C1CCNCC1.Cl.Cl. The molecule has 2 aliphatic rings. The number of ether oxygens (including phenoxy) is 6. The fraction of sp³-hybridized carbons (Fsp3) is 0.304. The molecule has 0 bridgehead atoms. The van der Waals surface area contributed by atoms with E-state index in [1.165, 1.54) is 32.7 Å².